The topological polar surface area (TPSA) is 75.1 Å². The Bertz CT molecular complexity index is 608. The molecule has 2 aromatic heterocycles. The molecule has 0 aromatic carbocycles. The highest BCUT2D eigenvalue weighted by molar-refractivity contribution is 5.28. The molecule has 1 unspecified atom stereocenters. The van der Waals surface area contributed by atoms with Gasteiger partial charge in [0.15, 0.2) is 0 Å². The van der Waals surface area contributed by atoms with Crippen LogP contribution in [0.5, 0.6) is 0 Å². The second-order valence-corrected chi connectivity index (χ2v) is 4.81. The van der Waals surface area contributed by atoms with Crippen LogP contribution in [-0.2, 0) is 12.8 Å². The maximum absolute atomic E-state index is 11.9. The highest BCUT2D eigenvalue weighted by Gasteiger charge is 2.16. The Morgan fingerprint density at radius 1 is 1.50 bits per heavy atom. The first-order chi connectivity index (χ1) is 8.76. The summed E-state index contributed by atoms with van der Waals surface area (Å²) in [6.45, 7) is 4.07. The SMILES string of the molecule is CCc1nc2nc(CC3CCNC3)cc(=O)n2[nH]1. The molecule has 1 saturated heterocycles. The van der Waals surface area contributed by atoms with E-state index in [-0.39, 0.29) is 5.56 Å². The second kappa shape index (κ2) is 4.53. The fourth-order valence-electron chi connectivity index (χ4n) is 2.42. The van der Waals surface area contributed by atoms with Crippen LogP contribution >= 0.6 is 0 Å². The van der Waals surface area contributed by atoms with Gasteiger partial charge in [-0.05, 0) is 31.8 Å². The van der Waals surface area contributed by atoms with E-state index in [0.29, 0.717) is 11.7 Å². The Balaban J connectivity index is 1.95. The van der Waals surface area contributed by atoms with Crippen molar-refractivity contribution in [1.82, 2.24) is 24.9 Å². The summed E-state index contributed by atoms with van der Waals surface area (Å²) >= 11 is 0. The highest BCUT2D eigenvalue weighted by Crippen LogP contribution is 2.13. The van der Waals surface area contributed by atoms with Gasteiger partial charge < -0.3 is 5.32 Å². The largest absolute Gasteiger partial charge is 0.316 e. The number of hydrogen-bond donors (Lipinski definition) is 2. The normalized spacial score (nSPS) is 19.7. The Morgan fingerprint density at radius 3 is 3.11 bits per heavy atom. The number of H-pyrrole nitrogens is 1. The molecule has 6 heteroatoms. The first-order valence-electron chi connectivity index (χ1n) is 6.44. The smallest absolute Gasteiger partial charge is 0.274 e. The van der Waals surface area contributed by atoms with E-state index in [0.717, 1.165) is 43.9 Å². The molecule has 2 aromatic rings. The van der Waals surface area contributed by atoms with Gasteiger partial charge in [0, 0.05) is 12.5 Å². The molecule has 1 atom stereocenters. The molecule has 3 heterocycles. The first-order valence-corrected chi connectivity index (χ1v) is 6.44. The summed E-state index contributed by atoms with van der Waals surface area (Å²) in [4.78, 5) is 20.7. The third-order valence-electron chi connectivity index (χ3n) is 3.42. The maximum atomic E-state index is 11.9. The quantitative estimate of drug-likeness (QED) is 0.808. The monoisotopic (exact) mass is 247 g/mol. The average Bonchev–Trinajstić information content (AvgIpc) is 2.97. The second-order valence-electron chi connectivity index (χ2n) is 4.81. The molecule has 0 aliphatic carbocycles. The minimum Gasteiger partial charge on any atom is -0.316 e. The number of aromatic nitrogens is 4. The maximum Gasteiger partial charge on any atom is 0.274 e. The van der Waals surface area contributed by atoms with Crippen LogP contribution in [0.4, 0.5) is 0 Å². The van der Waals surface area contributed by atoms with Crippen molar-refractivity contribution in [3.05, 3.63) is 27.9 Å². The van der Waals surface area contributed by atoms with E-state index in [4.69, 9.17) is 0 Å². The van der Waals surface area contributed by atoms with Crippen LogP contribution < -0.4 is 10.9 Å². The third kappa shape index (κ3) is 2.03. The summed E-state index contributed by atoms with van der Waals surface area (Å²) in [5, 5.41) is 6.28. The first kappa shape index (κ1) is 11.4. The van der Waals surface area contributed by atoms with E-state index in [1.165, 1.54) is 4.52 Å². The van der Waals surface area contributed by atoms with Gasteiger partial charge in [-0.2, -0.15) is 9.50 Å². The molecular weight excluding hydrogens is 230 g/mol. The lowest BCUT2D eigenvalue weighted by molar-refractivity contribution is 0.570. The molecule has 6 nitrogen and oxygen atoms in total. The van der Waals surface area contributed by atoms with Crippen LogP contribution in [0.15, 0.2) is 10.9 Å². The van der Waals surface area contributed by atoms with Gasteiger partial charge in [0.2, 0.25) is 0 Å². The standard InChI is InChI=1S/C12H17N5O/c1-2-10-15-12-14-9(5-8-3-4-13-7-8)6-11(18)17(12)16-10/h6,8,13H,2-5,7H2,1H3,(H,14,15,16). The number of nitrogens with zero attached hydrogens (tertiary/aromatic N) is 3. The third-order valence-corrected chi connectivity index (χ3v) is 3.42. The Labute approximate surface area is 104 Å². The minimum atomic E-state index is -0.0758. The van der Waals surface area contributed by atoms with E-state index in [1.54, 1.807) is 6.07 Å². The zero-order valence-corrected chi connectivity index (χ0v) is 10.4. The molecule has 0 bridgehead atoms. The lowest BCUT2D eigenvalue weighted by atomic mass is 10.0. The molecule has 2 N–H and O–H groups in total. The predicted molar refractivity (Wildman–Crippen MR) is 67.7 cm³/mol. The summed E-state index contributed by atoms with van der Waals surface area (Å²) in [6, 6.07) is 1.61. The summed E-state index contributed by atoms with van der Waals surface area (Å²) in [5.74, 6) is 1.86. The molecule has 1 aliphatic heterocycles. The fourth-order valence-corrected chi connectivity index (χ4v) is 2.42. The van der Waals surface area contributed by atoms with Crippen molar-refractivity contribution in [2.75, 3.05) is 13.1 Å². The summed E-state index contributed by atoms with van der Waals surface area (Å²) < 4.78 is 1.41. The molecule has 0 amide bonds. The summed E-state index contributed by atoms with van der Waals surface area (Å²) in [5.41, 5.74) is 0.774. The van der Waals surface area contributed by atoms with Crippen molar-refractivity contribution < 1.29 is 0 Å². The molecule has 0 saturated carbocycles. The van der Waals surface area contributed by atoms with Crippen LogP contribution in [-0.4, -0.2) is 32.7 Å². The van der Waals surface area contributed by atoms with Gasteiger partial charge in [-0.15, -0.1) is 0 Å². The zero-order valence-electron chi connectivity index (χ0n) is 10.4. The lowest BCUT2D eigenvalue weighted by Gasteiger charge is -2.06. The van der Waals surface area contributed by atoms with Crippen molar-refractivity contribution in [2.45, 2.75) is 26.2 Å². The van der Waals surface area contributed by atoms with Crippen LogP contribution in [0.3, 0.4) is 0 Å². The summed E-state index contributed by atoms with van der Waals surface area (Å²) in [6.07, 6.45) is 2.78. The number of aryl methyl sites for hydroxylation is 1. The van der Waals surface area contributed by atoms with Gasteiger partial charge in [0.05, 0.1) is 5.69 Å². The van der Waals surface area contributed by atoms with Crippen LogP contribution in [0.2, 0.25) is 0 Å². The minimum absolute atomic E-state index is 0.0758. The molecular formula is C12H17N5O. The molecule has 1 aliphatic rings. The van der Waals surface area contributed by atoms with Gasteiger partial charge in [0.1, 0.15) is 5.82 Å². The average molecular weight is 247 g/mol. The number of fused-ring (bicyclic) bond motifs is 1. The van der Waals surface area contributed by atoms with Crippen molar-refractivity contribution in [3.8, 4) is 0 Å². The van der Waals surface area contributed by atoms with Gasteiger partial charge in [-0.1, -0.05) is 6.92 Å². The van der Waals surface area contributed by atoms with Gasteiger partial charge >= 0.3 is 0 Å². The summed E-state index contributed by atoms with van der Waals surface area (Å²) in [7, 11) is 0. The number of hydrogen-bond acceptors (Lipinski definition) is 4. The number of rotatable bonds is 3. The van der Waals surface area contributed by atoms with Gasteiger partial charge in [0.25, 0.3) is 11.3 Å². The Morgan fingerprint density at radius 2 is 2.39 bits per heavy atom. The highest BCUT2D eigenvalue weighted by atomic mass is 16.1. The predicted octanol–water partition coefficient (Wildman–Crippen LogP) is 0.132. The fraction of sp³-hybridized carbons (Fsp3) is 0.583. The zero-order chi connectivity index (χ0) is 12.5. The van der Waals surface area contributed by atoms with Crippen molar-refractivity contribution in [3.63, 3.8) is 0 Å². The van der Waals surface area contributed by atoms with E-state index in [1.807, 2.05) is 6.92 Å². The molecule has 0 spiro atoms. The van der Waals surface area contributed by atoms with Crippen LogP contribution in [0, 0.1) is 5.92 Å². The van der Waals surface area contributed by atoms with E-state index in [2.05, 4.69) is 20.4 Å². The van der Waals surface area contributed by atoms with Crippen molar-refractivity contribution in [1.29, 1.82) is 0 Å². The van der Waals surface area contributed by atoms with Gasteiger partial charge in [-0.25, -0.2) is 4.98 Å². The molecule has 18 heavy (non-hydrogen) atoms. The molecule has 1 fully saturated rings. The molecule has 3 rings (SSSR count). The molecule has 0 radical (unpaired) electrons. The van der Waals surface area contributed by atoms with E-state index in [9.17, 15) is 4.79 Å². The number of nitrogens with one attached hydrogen (secondary N) is 2. The van der Waals surface area contributed by atoms with E-state index >= 15 is 0 Å². The number of aromatic amines is 1. The Kier molecular flexibility index (Phi) is 2.87. The van der Waals surface area contributed by atoms with Crippen molar-refractivity contribution >= 4 is 5.78 Å². The lowest BCUT2D eigenvalue weighted by Crippen LogP contribution is -2.18. The molecule has 96 valence electrons. The van der Waals surface area contributed by atoms with Crippen LogP contribution in [0.1, 0.15) is 24.9 Å². The van der Waals surface area contributed by atoms with E-state index < -0.39 is 0 Å². The van der Waals surface area contributed by atoms with Crippen molar-refractivity contribution in [2.24, 2.45) is 5.92 Å². The van der Waals surface area contributed by atoms with Crippen LogP contribution in [0.25, 0.3) is 5.78 Å². The Hall–Kier alpha value is -1.69. The van der Waals surface area contributed by atoms with Gasteiger partial charge in [-0.3, -0.25) is 9.89 Å².